The summed E-state index contributed by atoms with van der Waals surface area (Å²) in [5, 5.41) is 17.5. The van der Waals surface area contributed by atoms with E-state index in [2.05, 4.69) is 10.4 Å². The van der Waals surface area contributed by atoms with Crippen molar-refractivity contribution in [2.24, 2.45) is 0 Å². The number of rotatable bonds is 6. The summed E-state index contributed by atoms with van der Waals surface area (Å²) in [5.41, 5.74) is 2.67. The molecular weight excluding hydrogens is 350 g/mol. The maximum atomic E-state index is 12.8. The van der Waals surface area contributed by atoms with Crippen molar-refractivity contribution < 1.29 is 9.90 Å². The highest BCUT2D eigenvalue weighted by molar-refractivity contribution is 6.30. The molecule has 5 nitrogen and oxygen atoms in total. The second-order valence-electron chi connectivity index (χ2n) is 5.94. The van der Waals surface area contributed by atoms with E-state index in [1.54, 1.807) is 23.0 Å². The molecule has 0 radical (unpaired) electrons. The number of aliphatic hydroxyl groups excluding tert-OH is 1. The van der Waals surface area contributed by atoms with Crippen LogP contribution in [0.2, 0.25) is 5.02 Å². The van der Waals surface area contributed by atoms with E-state index in [9.17, 15) is 9.90 Å². The summed E-state index contributed by atoms with van der Waals surface area (Å²) in [6.45, 7) is 1.81. The summed E-state index contributed by atoms with van der Waals surface area (Å²) < 4.78 is 1.68. The van der Waals surface area contributed by atoms with Gasteiger partial charge in [-0.15, -0.1) is 0 Å². The smallest absolute Gasteiger partial charge is 0.255 e. The molecule has 0 fully saturated rings. The van der Waals surface area contributed by atoms with E-state index < -0.39 is 0 Å². The maximum absolute atomic E-state index is 12.8. The number of nitrogens with one attached hydrogen (secondary N) is 1. The van der Waals surface area contributed by atoms with Gasteiger partial charge in [0.15, 0.2) is 0 Å². The largest absolute Gasteiger partial charge is 0.394 e. The predicted octanol–water partition coefficient (Wildman–Crippen LogP) is 3.69. The summed E-state index contributed by atoms with van der Waals surface area (Å²) >= 11 is 5.98. The van der Waals surface area contributed by atoms with E-state index in [0.717, 1.165) is 11.3 Å². The molecule has 0 aliphatic carbocycles. The first-order valence-corrected chi connectivity index (χ1v) is 8.83. The van der Waals surface area contributed by atoms with Gasteiger partial charge in [0.05, 0.1) is 23.9 Å². The average Bonchev–Trinajstić information content (AvgIpc) is 3.13. The molecule has 0 unspecified atom stereocenters. The molecule has 1 heterocycles. The van der Waals surface area contributed by atoms with Crippen molar-refractivity contribution in [1.29, 1.82) is 0 Å². The quantitative estimate of drug-likeness (QED) is 0.696. The van der Waals surface area contributed by atoms with Gasteiger partial charge < -0.3 is 10.4 Å². The van der Waals surface area contributed by atoms with E-state index in [-0.39, 0.29) is 18.6 Å². The van der Waals surface area contributed by atoms with E-state index >= 15 is 0 Å². The van der Waals surface area contributed by atoms with E-state index in [1.807, 2.05) is 49.4 Å². The Morgan fingerprint density at radius 3 is 2.50 bits per heavy atom. The van der Waals surface area contributed by atoms with Crippen LogP contribution in [0.25, 0.3) is 16.9 Å². The van der Waals surface area contributed by atoms with Gasteiger partial charge in [0.25, 0.3) is 5.91 Å². The van der Waals surface area contributed by atoms with Gasteiger partial charge in [0.1, 0.15) is 5.69 Å². The third-order valence-electron chi connectivity index (χ3n) is 4.15. The topological polar surface area (TPSA) is 67.2 Å². The van der Waals surface area contributed by atoms with Gasteiger partial charge in [-0.05, 0) is 30.7 Å². The Morgan fingerprint density at radius 2 is 1.88 bits per heavy atom. The molecule has 0 spiro atoms. The second-order valence-corrected chi connectivity index (χ2v) is 6.38. The zero-order valence-electron chi connectivity index (χ0n) is 14.4. The molecule has 2 aromatic carbocycles. The van der Waals surface area contributed by atoms with Crippen LogP contribution in [0.4, 0.5) is 0 Å². The molecule has 2 N–H and O–H groups in total. The number of nitrogens with zero attached hydrogens (tertiary/aromatic N) is 2. The first-order valence-electron chi connectivity index (χ1n) is 8.45. The summed E-state index contributed by atoms with van der Waals surface area (Å²) in [7, 11) is 0. The van der Waals surface area contributed by atoms with Crippen molar-refractivity contribution in [3.05, 3.63) is 71.4 Å². The standard InChI is InChI=1S/C20H20ClN3O2/c1-2-16(13-25)22-20(26)18-12-24(17-6-4-3-5-7-17)23-19(18)14-8-10-15(21)11-9-14/h3-12,16,25H,2,13H2,1H3,(H,22,26)/t16-/m1/s1. The van der Waals surface area contributed by atoms with E-state index in [1.165, 1.54) is 0 Å². The van der Waals surface area contributed by atoms with Crippen molar-refractivity contribution in [2.75, 3.05) is 6.61 Å². The van der Waals surface area contributed by atoms with Gasteiger partial charge >= 0.3 is 0 Å². The van der Waals surface area contributed by atoms with E-state index in [4.69, 9.17) is 11.6 Å². The number of carbonyl (C=O) groups excluding carboxylic acids is 1. The average molecular weight is 370 g/mol. The lowest BCUT2D eigenvalue weighted by atomic mass is 10.1. The molecule has 1 amide bonds. The van der Waals surface area contributed by atoms with Crippen molar-refractivity contribution in [3.63, 3.8) is 0 Å². The number of halogens is 1. The second kappa shape index (κ2) is 8.17. The molecule has 0 aliphatic rings. The third-order valence-corrected chi connectivity index (χ3v) is 4.40. The van der Waals surface area contributed by atoms with Crippen LogP contribution in [0.1, 0.15) is 23.7 Å². The van der Waals surface area contributed by atoms with Crippen molar-refractivity contribution >= 4 is 17.5 Å². The summed E-state index contributed by atoms with van der Waals surface area (Å²) in [6.07, 6.45) is 2.35. The molecule has 0 saturated carbocycles. The molecule has 0 bridgehead atoms. The third kappa shape index (κ3) is 3.95. The zero-order chi connectivity index (χ0) is 18.5. The van der Waals surface area contributed by atoms with Crippen LogP contribution in [-0.4, -0.2) is 33.4 Å². The molecule has 0 saturated heterocycles. The number of hydrogen-bond donors (Lipinski definition) is 2. The van der Waals surface area contributed by atoms with Crippen LogP contribution in [0.3, 0.4) is 0 Å². The van der Waals surface area contributed by atoms with Crippen LogP contribution in [0, 0.1) is 0 Å². The molecule has 1 aromatic heterocycles. The molecule has 0 aliphatic heterocycles. The number of carbonyl (C=O) groups is 1. The minimum absolute atomic E-state index is 0.106. The monoisotopic (exact) mass is 369 g/mol. The highest BCUT2D eigenvalue weighted by atomic mass is 35.5. The Kier molecular flexibility index (Phi) is 5.71. The van der Waals surface area contributed by atoms with Crippen LogP contribution in [0.15, 0.2) is 60.8 Å². The lowest BCUT2D eigenvalue weighted by Gasteiger charge is -2.13. The maximum Gasteiger partial charge on any atom is 0.255 e. The van der Waals surface area contributed by atoms with Crippen LogP contribution >= 0.6 is 11.6 Å². The molecule has 6 heteroatoms. The molecule has 3 aromatic rings. The number of amides is 1. The van der Waals surface area contributed by atoms with Crippen molar-refractivity contribution in [2.45, 2.75) is 19.4 Å². The Hall–Kier alpha value is -2.63. The normalized spacial score (nSPS) is 12.0. The molecule has 1 atom stereocenters. The summed E-state index contributed by atoms with van der Waals surface area (Å²) in [4.78, 5) is 12.8. The molecule has 3 rings (SSSR count). The highest BCUT2D eigenvalue weighted by Crippen LogP contribution is 2.25. The number of benzene rings is 2. The SMILES string of the molecule is CC[C@H](CO)NC(=O)c1cn(-c2ccccc2)nc1-c1ccc(Cl)cc1. The van der Waals surface area contributed by atoms with Crippen molar-refractivity contribution in [3.8, 4) is 16.9 Å². The van der Waals surface area contributed by atoms with Gasteiger partial charge in [-0.25, -0.2) is 4.68 Å². The fourth-order valence-electron chi connectivity index (χ4n) is 2.61. The Balaban J connectivity index is 2.04. The minimum Gasteiger partial charge on any atom is -0.394 e. The van der Waals surface area contributed by atoms with Crippen LogP contribution < -0.4 is 5.32 Å². The van der Waals surface area contributed by atoms with Gasteiger partial charge in [0.2, 0.25) is 0 Å². The first kappa shape index (κ1) is 18.2. The van der Waals surface area contributed by atoms with Gasteiger partial charge in [-0.3, -0.25) is 4.79 Å². The van der Waals surface area contributed by atoms with Gasteiger partial charge in [-0.1, -0.05) is 48.9 Å². The summed E-state index contributed by atoms with van der Waals surface area (Å²) in [5.74, 6) is -0.266. The molecule has 134 valence electrons. The Morgan fingerprint density at radius 1 is 1.19 bits per heavy atom. The zero-order valence-corrected chi connectivity index (χ0v) is 15.1. The highest BCUT2D eigenvalue weighted by Gasteiger charge is 2.20. The molecule has 26 heavy (non-hydrogen) atoms. The minimum atomic E-state index is -0.291. The fourth-order valence-corrected chi connectivity index (χ4v) is 2.74. The molecular formula is C20H20ClN3O2. The lowest BCUT2D eigenvalue weighted by molar-refractivity contribution is 0.0915. The van der Waals surface area contributed by atoms with Gasteiger partial charge in [0, 0.05) is 16.8 Å². The number of hydrogen-bond acceptors (Lipinski definition) is 3. The lowest BCUT2D eigenvalue weighted by Crippen LogP contribution is -2.37. The van der Waals surface area contributed by atoms with Gasteiger partial charge in [-0.2, -0.15) is 5.10 Å². The summed E-state index contributed by atoms with van der Waals surface area (Å²) in [6, 6.07) is 16.5. The Labute approximate surface area is 157 Å². The number of aromatic nitrogens is 2. The fraction of sp³-hybridized carbons (Fsp3) is 0.200. The van der Waals surface area contributed by atoms with Crippen LogP contribution in [0.5, 0.6) is 0 Å². The van der Waals surface area contributed by atoms with Crippen molar-refractivity contribution in [1.82, 2.24) is 15.1 Å². The Bertz CT molecular complexity index is 872. The number of aliphatic hydroxyl groups is 1. The predicted molar refractivity (Wildman–Crippen MR) is 103 cm³/mol. The number of para-hydroxylation sites is 1. The van der Waals surface area contributed by atoms with Crippen LogP contribution in [-0.2, 0) is 0 Å². The first-order chi connectivity index (χ1) is 12.6. The van der Waals surface area contributed by atoms with E-state index in [0.29, 0.717) is 22.7 Å².